The second-order valence-corrected chi connectivity index (χ2v) is 5.53. The third kappa shape index (κ3) is 4.96. The molecular weight excluding hydrogens is 330 g/mol. The molecule has 6 nitrogen and oxygen atoms in total. The summed E-state index contributed by atoms with van der Waals surface area (Å²) in [5, 5.41) is 5.85. The van der Waals surface area contributed by atoms with Crippen LogP contribution in [0.25, 0.3) is 0 Å². The lowest BCUT2D eigenvalue weighted by atomic mass is 10.2. The summed E-state index contributed by atoms with van der Waals surface area (Å²) >= 11 is 6.02. The van der Waals surface area contributed by atoms with Gasteiger partial charge in [0.1, 0.15) is 12.2 Å². The Morgan fingerprint density at radius 2 is 2.04 bits per heavy atom. The van der Waals surface area contributed by atoms with Gasteiger partial charge < -0.3 is 15.4 Å². The van der Waals surface area contributed by atoms with Gasteiger partial charge in [-0.1, -0.05) is 17.7 Å². The Morgan fingerprint density at radius 3 is 2.71 bits per heavy atom. The third-order valence-electron chi connectivity index (χ3n) is 3.27. The molecule has 1 aromatic carbocycles. The normalized spacial score (nSPS) is 10.1. The van der Waals surface area contributed by atoms with E-state index < -0.39 is 5.91 Å². The van der Waals surface area contributed by atoms with Crippen LogP contribution in [0, 0.1) is 6.92 Å². The number of aryl methyl sites for hydroxylation is 1. The number of methoxy groups -OCH3 is 1. The molecule has 0 saturated carbocycles. The summed E-state index contributed by atoms with van der Waals surface area (Å²) in [5.74, 6) is -0.385. The van der Waals surface area contributed by atoms with Gasteiger partial charge >= 0.3 is 0 Å². The minimum atomic E-state index is -0.437. The van der Waals surface area contributed by atoms with E-state index in [1.54, 1.807) is 30.5 Å². The number of pyridine rings is 1. The highest BCUT2D eigenvalue weighted by molar-refractivity contribution is 6.31. The van der Waals surface area contributed by atoms with Crippen LogP contribution in [-0.4, -0.2) is 23.9 Å². The van der Waals surface area contributed by atoms with Gasteiger partial charge in [0.05, 0.1) is 25.0 Å². The molecule has 0 radical (unpaired) electrons. The Hall–Kier alpha value is -2.60. The summed E-state index contributed by atoms with van der Waals surface area (Å²) in [6.45, 7) is 2.09. The third-order valence-corrected chi connectivity index (χ3v) is 3.68. The van der Waals surface area contributed by atoms with E-state index in [1.165, 1.54) is 7.11 Å². The van der Waals surface area contributed by atoms with Crippen LogP contribution < -0.4 is 15.4 Å². The number of amides is 2. The number of carbonyl (C=O) groups excluding carboxylic acids is 2. The van der Waals surface area contributed by atoms with Crippen molar-refractivity contribution in [2.24, 2.45) is 0 Å². The number of nitrogens with one attached hydrogen (secondary N) is 2. The second kappa shape index (κ2) is 8.31. The highest BCUT2D eigenvalue weighted by Gasteiger charge is 2.13. The number of benzene rings is 1. The summed E-state index contributed by atoms with van der Waals surface area (Å²) < 4.78 is 5.18. The minimum absolute atomic E-state index is 0.274. The van der Waals surface area contributed by atoms with Gasteiger partial charge in [-0.3, -0.25) is 14.6 Å². The van der Waals surface area contributed by atoms with E-state index in [1.807, 2.05) is 13.0 Å². The first kappa shape index (κ1) is 17.7. The number of halogens is 1. The summed E-state index contributed by atoms with van der Waals surface area (Å²) in [7, 11) is 1.48. The molecule has 0 spiro atoms. The molecule has 1 heterocycles. The minimum Gasteiger partial charge on any atom is -0.495 e. The Kier molecular flexibility index (Phi) is 6.14. The zero-order valence-electron chi connectivity index (χ0n) is 13.4. The molecule has 1 aromatic heterocycles. The fraction of sp³-hybridized carbons (Fsp3) is 0.235. The second-order valence-electron chi connectivity index (χ2n) is 5.12. The van der Waals surface area contributed by atoms with E-state index in [2.05, 4.69) is 15.6 Å². The van der Waals surface area contributed by atoms with E-state index in [0.717, 1.165) is 11.3 Å². The van der Waals surface area contributed by atoms with Crippen molar-refractivity contribution in [1.29, 1.82) is 0 Å². The monoisotopic (exact) mass is 347 g/mol. The molecule has 24 heavy (non-hydrogen) atoms. The number of carbonyl (C=O) groups is 2. The molecule has 0 aliphatic rings. The number of anilines is 1. The van der Waals surface area contributed by atoms with Crippen LogP contribution in [0.3, 0.4) is 0 Å². The van der Waals surface area contributed by atoms with Crippen molar-refractivity contribution in [3.05, 3.63) is 52.8 Å². The molecule has 0 fully saturated rings. The molecule has 0 bridgehead atoms. The number of ether oxygens (including phenoxy) is 1. The van der Waals surface area contributed by atoms with Crippen molar-refractivity contribution >= 4 is 29.1 Å². The quantitative estimate of drug-likeness (QED) is 0.787. The lowest BCUT2D eigenvalue weighted by molar-refractivity contribution is -0.126. The number of hydrogen-bond donors (Lipinski definition) is 2. The molecular formula is C17H18ClN3O3. The molecule has 2 amide bonds. The van der Waals surface area contributed by atoms with Gasteiger partial charge in [0.15, 0.2) is 0 Å². The number of aromatic nitrogens is 1. The van der Waals surface area contributed by atoms with Gasteiger partial charge in [0, 0.05) is 17.3 Å². The maximum atomic E-state index is 12.0. The van der Waals surface area contributed by atoms with Crippen molar-refractivity contribution in [1.82, 2.24) is 10.3 Å². The molecule has 126 valence electrons. The van der Waals surface area contributed by atoms with E-state index in [9.17, 15) is 9.59 Å². The first-order chi connectivity index (χ1) is 11.5. The molecule has 0 aliphatic heterocycles. The standard InChI is InChI=1S/C17H18ClN3O3/c1-11-7-14(15(24-2)8-13(11)18)21-17(23)9-16(22)20-10-12-5-3-4-6-19-12/h3-8H,9-10H2,1-2H3,(H,20,22)(H,21,23). The molecule has 0 unspecified atom stereocenters. The predicted molar refractivity (Wildman–Crippen MR) is 92.1 cm³/mol. The smallest absolute Gasteiger partial charge is 0.233 e. The Morgan fingerprint density at radius 1 is 1.25 bits per heavy atom. The molecule has 2 aromatic rings. The first-order valence-corrected chi connectivity index (χ1v) is 7.68. The maximum Gasteiger partial charge on any atom is 0.233 e. The van der Waals surface area contributed by atoms with E-state index in [-0.39, 0.29) is 18.9 Å². The molecule has 2 N–H and O–H groups in total. The molecule has 0 aliphatic carbocycles. The number of rotatable bonds is 6. The highest BCUT2D eigenvalue weighted by atomic mass is 35.5. The Bertz CT molecular complexity index is 735. The Labute approximate surface area is 145 Å². The van der Waals surface area contributed by atoms with Crippen molar-refractivity contribution in [2.45, 2.75) is 19.9 Å². The van der Waals surface area contributed by atoms with Gasteiger partial charge in [-0.25, -0.2) is 0 Å². The molecule has 7 heteroatoms. The van der Waals surface area contributed by atoms with Gasteiger partial charge in [0.25, 0.3) is 0 Å². The zero-order chi connectivity index (χ0) is 17.5. The van der Waals surface area contributed by atoms with Crippen LogP contribution >= 0.6 is 11.6 Å². The Balaban J connectivity index is 1.91. The lowest BCUT2D eigenvalue weighted by Crippen LogP contribution is -2.28. The van der Waals surface area contributed by atoms with Gasteiger partial charge in [-0.2, -0.15) is 0 Å². The van der Waals surface area contributed by atoms with Gasteiger partial charge in [-0.05, 0) is 30.7 Å². The summed E-state index contributed by atoms with van der Waals surface area (Å²) in [4.78, 5) is 28.0. The van der Waals surface area contributed by atoms with E-state index in [0.29, 0.717) is 16.5 Å². The van der Waals surface area contributed by atoms with Gasteiger partial charge in [-0.15, -0.1) is 0 Å². The SMILES string of the molecule is COc1cc(Cl)c(C)cc1NC(=O)CC(=O)NCc1ccccn1. The summed E-state index contributed by atoms with van der Waals surface area (Å²) in [5.41, 5.74) is 2.00. The van der Waals surface area contributed by atoms with Crippen molar-refractivity contribution in [3.8, 4) is 5.75 Å². The van der Waals surface area contributed by atoms with Crippen molar-refractivity contribution < 1.29 is 14.3 Å². The average Bonchev–Trinajstić information content (AvgIpc) is 2.57. The van der Waals surface area contributed by atoms with Crippen LogP contribution in [-0.2, 0) is 16.1 Å². The van der Waals surface area contributed by atoms with Crippen molar-refractivity contribution in [3.63, 3.8) is 0 Å². The number of hydrogen-bond acceptors (Lipinski definition) is 4. The van der Waals surface area contributed by atoms with Crippen LogP contribution in [0.5, 0.6) is 5.75 Å². The summed E-state index contributed by atoms with van der Waals surface area (Å²) in [6, 6.07) is 8.73. The van der Waals surface area contributed by atoms with E-state index >= 15 is 0 Å². The largest absolute Gasteiger partial charge is 0.495 e. The fourth-order valence-electron chi connectivity index (χ4n) is 2.02. The predicted octanol–water partition coefficient (Wildman–Crippen LogP) is 2.70. The average molecular weight is 348 g/mol. The fourth-order valence-corrected chi connectivity index (χ4v) is 2.18. The zero-order valence-corrected chi connectivity index (χ0v) is 14.2. The maximum absolute atomic E-state index is 12.0. The van der Waals surface area contributed by atoms with Crippen LogP contribution in [0.2, 0.25) is 5.02 Å². The lowest BCUT2D eigenvalue weighted by Gasteiger charge is -2.12. The van der Waals surface area contributed by atoms with E-state index in [4.69, 9.17) is 16.3 Å². The first-order valence-electron chi connectivity index (χ1n) is 7.30. The van der Waals surface area contributed by atoms with Crippen LogP contribution in [0.4, 0.5) is 5.69 Å². The number of nitrogens with zero attached hydrogens (tertiary/aromatic N) is 1. The highest BCUT2D eigenvalue weighted by Crippen LogP contribution is 2.30. The molecule has 0 atom stereocenters. The topological polar surface area (TPSA) is 80.3 Å². The molecule has 0 saturated heterocycles. The molecule has 2 rings (SSSR count). The summed E-state index contributed by atoms with van der Waals surface area (Å²) in [6.07, 6.45) is 1.35. The van der Waals surface area contributed by atoms with Crippen LogP contribution in [0.1, 0.15) is 17.7 Å². The van der Waals surface area contributed by atoms with Crippen LogP contribution in [0.15, 0.2) is 36.5 Å². The van der Waals surface area contributed by atoms with Gasteiger partial charge in [0.2, 0.25) is 11.8 Å². The van der Waals surface area contributed by atoms with Crippen molar-refractivity contribution in [2.75, 3.05) is 12.4 Å².